The van der Waals surface area contributed by atoms with Crippen molar-refractivity contribution in [1.82, 2.24) is 24.9 Å². The van der Waals surface area contributed by atoms with Gasteiger partial charge < -0.3 is 5.32 Å². The van der Waals surface area contributed by atoms with Gasteiger partial charge in [0.15, 0.2) is 0 Å². The first kappa shape index (κ1) is 14.7. The molecule has 5 nitrogen and oxygen atoms in total. The molecule has 2 aromatic rings. The molecule has 6 heteroatoms. The lowest BCUT2D eigenvalue weighted by molar-refractivity contribution is 0.623. The van der Waals surface area contributed by atoms with E-state index in [-0.39, 0.29) is 12.4 Å². The summed E-state index contributed by atoms with van der Waals surface area (Å²) in [6.45, 7) is 5.70. The molecule has 0 atom stereocenters. The van der Waals surface area contributed by atoms with E-state index in [0.717, 1.165) is 24.5 Å². The van der Waals surface area contributed by atoms with E-state index in [0.29, 0.717) is 0 Å². The van der Waals surface area contributed by atoms with E-state index in [1.54, 1.807) is 0 Å². The number of hydrogen-bond donors (Lipinski definition) is 1. The van der Waals surface area contributed by atoms with Gasteiger partial charge in [-0.3, -0.25) is 9.36 Å². The fraction of sp³-hybridized carbons (Fsp3) is 0.500. The molecule has 0 aliphatic rings. The van der Waals surface area contributed by atoms with Gasteiger partial charge in [0.2, 0.25) is 0 Å². The highest BCUT2D eigenvalue weighted by Crippen LogP contribution is 2.05. The molecule has 2 heterocycles. The average molecular weight is 270 g/mol. The first-order valence-electron chi connectivity index (χ1n) is 5.75. The summed E-state index contributed by atoms with van der Waals surface area (Å²) in [7, 11) is 3.92. The molecule has 0 spiro atoms. The van der Waals surface area contributed by atoms with Gasteiger partial charge >= 0.3 is 0 Å². The fourth-order valence-electron chi connectivity index (χ4n) is 1.98. The molecular formula is C12H20ClN5. The molecule has 1 N–H and O–H groups in total. The fourth-order valence-corrected chi connectivity index (χ4v) is 1.98. The first-order chi connectivity index (χ1) is 8.06. The Hall–Kier alpha value is -1.33. The summed E-state index contributed by atoms with van der Waals surface area (Å²) in [6, 6.07) is 2.10. The van der Waals surface area contributed by atoms with Crippen LogP contribution >= 0.6 is 12.4 Å². The van der Waals surface area contributed by atoms with Crippen LogP contribution in [0.5, 0.6) is 0 Å². The Bertz CT molecular complexity index is 468. The zero-order valence-electron chi connectivity index (χ0n) is 11.3. The maximum atomic E-state index is 4.32. The normalized spacial score (nSPS) is 10.4. The van der Waals surface area contributed by atoms with Gasteiger partial charge in [0.05, 0.1) is 17.1 Å². The van der Waals surface area contributed by atoms with Crippen molar-refractivity contribution < 1.29 is 0 Å². The number of rotatable bonds is 4. The Labute approximate surface area is 114 Å². The summed E-state index contributed by atoms with van der Waals surface area (Å²) >= 11 is 0. The predicted octanol–water partition coefficient (Wildman–Crippen LogP) is 1.48. The molecule has 0 saturated heterocycles. The predicted molar refractivity (Wildman–Crippen MR) is 73.7 cm³/mol. The first-order valence-corrected chi connectivity index (χ1v) is 5.75. The minimum Gasteiger partial charge on any atom is -0.307 e. The van der Waals surface area contributed by atoms with Crippen LogP contribution in [-0.2, 0) is 27.2 Å². The standard InChI is InChI=1S/C12H19N5.ClH/c1-9-5-12(17(4)14-9)7-13-6-11-8-16(3)15-10(11)2;/h5,8,13H,6-7H2,1-4H3;1H. The summed E-state index contributed by atoms with van der Waals surface area (Å²) in [5.74, 6) is 0. The largest absolute Gasteiger partial charge is 0.307 e. The molecule has 2 aromatic heterocycles. The van der Waals surface area contributed by atoms with Crippen molar-refractivity contribution in [2.45, 2.75) is 26.9 Å². The second kappa shape index (κ2) is 6.02. The number of halogens is 1. The Morgan fingerprint density at radius 3 is 2.39 bits per heavy atom. The Kier molecular flexibility index (Phi) is 4.93. The lowest BCUT2D eigenvalue weighted by atomic mass is 10.2. The van der Waals surface area contributed by atoms with E-state index < -0.39 is 0 Å². The van der Waals surface area contributed by atoms with E-state index in [1.807, 2.05) is 37.3 Å². The molecule has 0 saturated carbocycles. The third-order valence-electron chi connectivity index (χ3n) is 2.84. The highest BCUT2D eigenvalue weighted by Gasteiger charge is 2.04. The molecule has 0 radical (unpaired) electrons. The van der Waals surface area contributed by atoms with Gasteiger partial charge in [0, 0.05) is 38.9 Å². The van der Waals surface area contributed by atoms with Gasteiger partial charge in [-0.05, 0) is 19.9 Å². The van der Waals surface area contributed by atoms with Crippen molar-refractivity contribution in [3.05, 3.63) is 34.9 Å². The van der Waals surface area contributed by atoms with Gasteiger partial charge in [-0.15, -0.1) is 12.4 Å². The number of hydrogen-bond acceptors (Lipinski definition) is 3. The van der Waals surface area contributed by atoms with Crippen LogP contribution in [0.1, 0.15) is 22.6 Å². The molecule has 0 fully saturated rings. The van der Waals surface area contributed by atoms with Gasteiger partial charge in [0.1, 0.15) is 0 Å². The van der Waals surface area contributed by atoms with Crippen LogP contribution in [-0.4, -0.2) is 19.6 Å². The Morgan fingerprint density at radius 2 is 1.89 bits per heavy atom. The van der Waals surface area contributed by atoms with Crippen molar-refractivity contribution in [1.29, 1.82) is 0 Å². The van der Waals surface area contributed by atoms with Gasteiger partial charge in [0.25, 0.3) is 0 Å². The van der Waals surface area contributed by atoms with E-state index >= 15 is 0 Å². The van der Waals surface area contributed by atoms with Crippen LogP contribution in [0.25, 0.3) is 0 Å². The van der Waals surface area contributed by atoms with Gasteiger partial charge in [-0.2, -0.15) is 10.2 Å². The molecule has 0 bridgehead atoms. The van der Waals surface area contributed by atoms with E-state index in [4.69, 9.17) is 0 Å². The summed E-state index contributed by atoms with van der Waals surface area (Å²) < 4.78 is 3.76. The zero-order chi connectivity index (χ0) is 12.4. The van der Waals surface area contributed by atoms with Crippen molar-refractivity contribution in [2.24, 2.45) is 14.1 Å². The maximum absolute atomic E-state index is 4.32. The number of aromatic nitrogens is 4. The molecule has 0 unspecified atom stereocenters. The molecule has 100 valence electrons. The molecule has 2 rings (SSSR count). The van der Waals surface area contributed by atoms with Crippen LogP contribution < -0.4 is 5.32 Å². The minimum atomic E-state index is 0. The maximum Gasteiger partial charge on any atom is 0.0638 e. The van der Waals surface area contributed by atoms with Crippen molar-refractivity contribution in [2.75, 3.05) is 0 Å². The Morgan fingerprint density at radius 1 is 1.17 bits per heavy atom. The molecule has 18 heavy (non-hydrogen) atoms. The second-order valence-corrected chi connectivity index (χ2v) is 4.42. The topological polar surface area (TPSA) is 47.7 Å². The number of aryl methyl sites for hydroxylation is 4. The number of nitrogens with one attached hydrogen (secondary N) is 1. The molecule has 0 amide bonds. The molecule has 0 aliphatic carbocycles. The third kappa shape index (κ3) is 3.34. The van der Waals surface area contributed by atoms with Crippen molar-refractivity contribution >= 4 is 12.4 Å². The zero-order valence-corrected chi connectivity index (χ0v) is 12.1. The summed E-state index contributed by atoms with van der Waals surface area (Å²) in [5.41, 5.74) is 4.58. The quantitative estimate of drug-likeness (QED) is 0.915. The van der Waals surface area contributed by atoms with Gasteiger partial charge in [-0.25, -0.2) is 0 Å². The minimum absolute atomic E-state index is 0. The van der Waals surface area contributed by atoms with E-state index in [2.05, 4.69) is 27.8 Å². The average Bonchev–Trinajstić information content (AvgIpc) is 2.71. The molecule has 0 aromatic carbocycles. The van der Waals surface area contributed by atoms with E-state index in [1.165, 1.54) is 11.3 Å². The van der Waals surface area contributed by atoms with Gasteiger partial charge in [-0.1, -0.05) is 0 Å². The van der Waals surface area contributed by atoms with E-state index in [9.17, 15) is 0 Å². The molecular weight excluding hydrogens is 250 g/mol. The summed E-state index contributed by atoms with van der Waals surface area (Å²) in [4.78, 5) is 0. The SMILES string of the molecule is Cc1cc(CNCc2cn(C)nc2C)n(C)n1.Cl. The van der Waals surface area contributed by atoms with Crippen LogP contribution in [0.2, 0.25) is 0 Å². The summed E-state index contributed by atoms with van der Waals surface area (Å²) in [5, 5.41) is 12.0. The smallest absolute Gasteiger partial charge is 0.0638 e. The van der Waals surface area contributed by atoms with Crippen LogP contribution in [0.4, 0.5) is 0 Å². The monoisotopic (exact) mass is 269 g/mol. The van der Waals surface area contributed by atoms with Crippen LogP contribution in [0, 0.1) is 13.8 Å². The Balaban J connectivity index is 0.00000162. The third-order valence-corrected chi connectivity index (χ3v) is 2.84. The van der Waals surface area contributed by atoms with Crippen molar-refractivity contribution in [3.8, 4) is 0 Å². The highest BCUT2D eigenvalue weighted by atomic mass is 35.5. The number of nitrogens with zero attached hydrogens (tertiary/aromatic N) is 4. The van der Waals surface area contributed by atoms with Crippen LogP contribution in [0.15, 0.2) is 12.3 Å². The molecule has 0 aliphatic heterocycles. The second-order valence-electron chi connectivity index (χ2n) is 4.42. The highest BCUT2D eigenvalue weighted by molar-refractivity contribution is 5.85. The van der Waals surface area contributed by atoms with Crippen molar-refractivity contribution in [3.63, 3.8) is 0 Å². The van der Waals surface area contributed by atoms with Crippen LogP contribution in [0.3, 0.4) is 0 Å². The lowest BCUT2D eigenvalue weighted by Gasteiger charge is -2.04. The lowest BCUT2D eigenvalue weighted by Crippen LogP contribution is -2.15. The summed E-state index contributed by atoms with van der Waals surface area (Å²) in [6.07, 6.45) is 2.05.